The molecule has 0 saturated carbocycles. The first-order chi connectivity index (χ1) is 11.2. The summed E-state index contributed by atoms with van der Waals surface area (Å²) in [4.78, 5) is 22.1. The van der Waals surface area contributed by atoms with Crippen molar-refractivity contribution in [2.24, 2.45) is 0 Å². The lowest BCUT2D eigenvalue weighted by atomic mass is 9.99. The van der Waals surface area contributed by atoms with Crippen LogP contribution < -0.4 is 5.32 Å². The van der Waals surface area contributed by atoms with Crippen molar-refractivity contribution >= 4 is 22.8 Å². The van der Waals surface area contributed by atoms with Crippen molar-refractivity contribution in [3.63, 3.8) is 0 Å². The molecule has 24 heavy (non-hydrogen) atoms. The van der Waals surface area contributed by atoms with Crippen molar-refractivity contribution in [3.05, 3.63) is 63.7 Å². The molecule has 2 rings (SSSR count). The molecule has 0 aliphatic heterocycles. The maximum Gasteiger partial charge on any atom is 0.293 e. The van der Waals surface area contributed by atoms with E-state index in [1.54, 1.807) is 32.0 Å². The SMILES string of the molecule is CC(=O)c1ccc(Nc2ccc(CC(C)(C)O)cc2)c([N+](=O)[O-])c1. The molecule has 2 aromatic carbocycles. The Kier molecular flexibility index (Phi) is 4.99. The van der Waals surface area contributed by atoms with Crippen LogP contribution in [0.4, 0.5) is 17.1 Å². The fourth-order valence-corrected chi connectivity index (χ4v) is 2.37. The number of hydrogen-bond donors (Lipinski definition) is 2. The number of nitrogens with zero attached hydrogens (tertiary/aromatic N) is 1. The van der Waals surface area contributed by atoms with Gasteiger partial charge >= 0.3 is 0 Å². The van der Waals surface area contributed by atoms with Crippen LogP contribution in [0, 0.1) is 10.1 Å². The predicted octanol–water partition coefficient (Wildman–Crippen LogP) is 3.85. The molecular formula is C18H20N2O4. The molecule has 6 nitrogen and oxygen atoms in total. The molecule has 2 N–H and O–H groups in total. The van der Waals surface area contributed by atoms with Gasteiger partial charge in [-0.25, -0.2) is 0 Å². The van der Waals surface area contributed by atoms with E-state index in [4.69, 9.17) is 0 Å². The summed E-state index contributed by atoms with van der Waals surface area (Å²) < 4.78 is 0. The zero-order valence-corrected chi connectivity index (χ0v) is 13.9. The zero-order valence-electron chi connectivity index (χ0n) is 13.9. The lowest BCUT2D eigenvalue weighted by Gasteiger charge is -2.17. The molecule has 0 unspecified atom stereocenters. The second kappa shape index (κ2) is 6.80. The molecule has 0 aliphatic rings. The number of benzene rings is 2. The van der Waals surface area contributed by atoms with Gasteiger partial charge in [0.25, 0.3) is 5.69 Å². The molecular weight excluding hydrogens is 308 g/mol. The van der Waals surface area contributed by atoms with Crippen LogP contribution in [0.3, 0.4) is 0 Å². The quantitative estimate of drug-likeness (QED) is 0.477. The first kappa shape index (κ1) is 17.6. The fraction of sp³-hybridized carbons (Fsp3) is 0.278. The Balaban J connectivity index is 2.24. The van der Waals surface area contributed by atoms with Crippen LogP contribution in [0.1, 0.15) is 36.7 Å². The van der Waals surface area contributed by atoms with Gasteiger partial charge in [0.05, 0.1) is 10.5 Å². The van der Waals surface area contributed by atoms with Gasteiger partial charge in [-0.1, -0.05) is 12.1 Å². The van der Waals surface area contributed by atoms with E-state index in [9.17, 15) is 20.0 Å². The minimum atomic E-state index is -0.795. The van der Waals surface area contributed by atoms with Gasteiger partial charge < -0.3 is 10.4 Å². The average Bonchev–Trinajstić information content (AvgIpc) is 2.47. The third-order valence-electron chi connectivity index (χ3n) is 3.47. The van der Waals surface area contributed by atoms with Crippen LogP contribution in [0.2, 0.25) is 0 Å². The van der Waals surface area contributed by atoms with Gasteiger partial charge in [0.15, 0.2) is 5.78 Å². The number of ketones is 1. The maximum absolute atomic E-state index is 11.4. The monoisotopic (exact) mass is 328 g/mol. The van der Waals surface area contributed by atoms with Gasteiger partial charge in [-0.2, -0.15) is 0 Å². The fourth-order valence-electron chi connectivity index (χ4n) is 2.37. The Morgan fingerprint density at radius 1 is 1.21 bits per heavy atom. The van der Waals surface area contributed by atoms with Crippen LogP contribution >= 0.6 is 0 Å². The summed E-state index contributed by atoms with van der Waals surface area (Å²) in [5.41, 5.74) is 1.33. The van der Waals surface area contributed by atoms with E-state index >= 15 is 0 Å². The molecule has 0 fully saturated rings. The number of anilines is 2. The van der Waals surface area contributed by atoms with Crippen molar-refractivity contribution in [2.45, 2.75) is 32.8 Å². The summed E-state index contributed by atoms with van der Waals surface area (Å²) in [5, 5.41) is 24.0. The highest BCUT2D eigenvalue weighted by Gasteiger charge is 2.17. The third kappa shape index (κ3) is 4.63. The molecule has 0 heterocycles. The zero-order chi connectivity index (χ0) is 17.9. The summed E-state index contributed by atoms with van der Waals surface area (Å²) in [6, 6.07) is 11.7. The van der Waals surface area contributed by atoms with Crippen LogP contribution in [-0.4, -0.2) is 21.4 Å². The van der Waals surface area contributed by atoms with E-state index in [0.29, 0.717) is 23.4 Å². The molecule has 2 aromatic rings. The number of aliphatic hydroxyl groups is 1. The van der Waals surface area contributed by atoms with E-state index in [2.05, 4.69) is 5.32 Å². The molecule has 0 spiro atoms. The smallest absolute Gasteiger partial charge is 0.293 e. The van der Waals surface area contributed by atoms with Crippen molar-refractivity contribution in [1.29, 1.82) is 0 Å². The number of rotatable bonds is 6. The van der Waals surface area contributed by atoms with Crippen LogP contribution in [0.5, 0.6) is 0 Å². The van der Waals surface area contributed by atoms with Gasteiger partial charge in [-0.15, -0.1) is 0 Å². The van der Waals surface area contributed by atoms with Gasteiger partial charge in [0, 0.05) is 23.7 Å². The molecule has 0 amide bonds. The van der Waals surface area contributed by atoms with E-state index < -0.39 is 10.5 Å². The van der Waals surface area contributed by atoms with Crippen molar-refractivity contribution in [3.8, 4) is 0 Å². The molecule has 0 radical (unpaired) electrons. The van der Waals surface area contributed by atoms with Gasteiger partial charge in [0.2, 0.25) is 0 Å². The van der Waals surface area contributed by atoms with Gasteiger partial charge in [0.1, 0.15) is 5.69 Å². The van der Waals surface area contributed by atoms with E-state index in [1.165, 1.54) is 19.1 Å². The summed E-state index contributed by atoms with van der Waals surface area (Å²) in [6.45, 7) is 4.84. The summed E-state index contributed by atoms with van der Waals surface area (Å²) in [5.74, 6) is -0.222. The van der Waals surface area contributed by atoms with E-state index in [-0.39, 0.29) is 11.5 Å². The van der Waals surface area contributed by atoms with Crippen LogP contribution in [0.15, 0.2) is 42.5 Å². The lowest BCUT2D eigenvalue weighted by Crippen LogP contribution is -2.21. The molecule has 126 valence electrons. The number of carbonyl (C=O) groups is 1. The molecule has 0 bridgehead atoms. The number of nitro groups is 1. The summed E-state index contributed by atoms with van der Waals surface area (Å²) in [6.07, 6.45) is 0.515. The summed E-state index contributed by atoms with van der Waals surface area (Å²) in [7, 11) is 0. The molecule has 0 atom stereocenters. The minimum absolute atomic E-state index is 0.150. The highest BCUT2D eigenvalue weighted by molar-refractivity contribution is 5.95. The van der Waals surface area contributed by atoms with E-state index in [1.807, 2.05) is 12.1 Å². The topological polar surface area (TPSA) is 92.5 Å². The highest BCUT2D eigenvalue weighted by Crippen LogP contribution is 2.29. The average molecular weight is 328 g/mol. The molecule has 6 heteroatoms. The second-order valence-corrected chi connectivity index (χ2v) is 6.36. The normalized spacial score (nSPS) is 11.2. The first-order valence-corrected chi connectivity index (χ1v) is 7.53. The number of nitrogens with one attached hydrogen (secondary N) is 1. The maximum atomic E-state index is 11.4. The Bertz CT molecular complexity index is 762. The Morgan fingerprint density at radius 3 is 2.33 bits per heavy atom. The van der Waals surface area contributed by atoms with Crippen LogP contribution in [0.25, 0.3) is 0 Å². The van der Waals surface area contributed by atoms with E-state index in [0.717, 1.165) is 5.56 Å². The lowest BCUT2D eigenvalue weighted by molar-refractivity contribution is -0.383. The molecule has 0 saturated heterocycles. The van der Waals surface area contributed by atoms with Gasteiger partial charge in [-0.05, 0) is 50.6 Å². The van der Waals surface area contributed by atoms with Gasteiger partial charge in [-0.3, -0.25) is 14.9 Å². The number of hydrogen-bond acceptors (Lipinski definition) is 5. The Hall–Kier alpha value is -2.73. The Morgan fingerprint density at radius 2 is 1.83 bits per heavy atom. The number of nitro benzene ring substituents is 1. The van der Waals surface area contributed by atoms with Crippen molar-refractivity contribution in [1.82, 2.24) is 0 Å². The summed E-state index contributed by atoms with van der Waals surface area (Å²) >= 11 is 0. The van der Waals surface area contributed by atoms with Crippen molar-refractivity contribution in [2.75, 3.05) is 5.32 Å². The minimum Gasteiger partial charge on any atom is -0.390 e. The Labute approximate surface area is 140 Å². The first-order valence-electron chi connectivity index (χ1n) is 7.53. The standard InChI is InChI=1S/C18H20N2O4/c1-12(21)14-6-9-16(17(10-14)20(23)24)19-15-7-4-13(5-8-15)11-18(2,3)22/h4-10,19,22H,11H2,1-3H3. The van der Waals surface area contributed by atoms with Crippen LogP contribution in [-0.2, 0) is 6.42 Å². The van der Waals surface area contributed by atoms with Crippen molar-refractivity contribution < 1.29 is 14.8 Å². The number of carbonyl (C=O) groups excluding carboxylic acids is 1. The third-order valence-corrected chi connectivity index (χ3v) is 3.47. The molecule has 0 aromatic heterocycles. The highest BCUT2D eigenvalue weighted by atomic mass is 16.6. The number of Topliss-reactive ketones (excluding diaryl/α,β-unsaturated/α-hetero) is 1. The predicted molar refractivity (Wildman–Crippen MR) is 92.8 cm³/mol. The molecule has 0 aliphatic carbocycles. The second-order valence-electron chi connectivity index (χ2n) is 6.36. The largest absolute Gasteiger partial charge is 0.390 e.